The monoisotopic (exact) mass is 246 g/mol. The second-order valence-corrected chi connectivity index (χ2v) is 3.43. The molecule has 0 atom stereocenters. The molecule has 0 aliphatic carbocycles. The maximum Gasteiger partial charge on any atom is 0.179 e. The molecule has 0 fully saturated rings. The minimum Gasteiger partial charge on any atom is -0.393 e. The van der Waals surface area contributed by atoms with Crippen LogP contribution in [0.4, 0.5) is 5.69 Å². The summed E-state index contributed by atoms with van der Waals surface area (Å²) in [6, 6.07) is 0. The largest absolute Gasteiger partial charge is 0.393 e. The van der Waals surface area contributed by atoms with E-state index in [-0.39, 0.29) is 0 Å². The van der Waals surface area contributed by atoms with E-state index in [1.54, 1.807) is 6.20 Å². The van der Waals surface area contributed by atoms with Gasteiger partial charge in [0, 0.05) is 6.20 Å². The van der Waals surface area contributed by atoms with Gasteiger partial charge in [0.05, 0.1) is 11.2 Å². The Labute approximate surface area is 81.5 Å². The standard InChI is InChI=1S/C6H4BrClN4/c7-5-4(9)6-10-1-3(8)2-12(6)11-5/h1-2H,9H2. The molecule has 0 saturated heterocycles. The van der Waals surface area contributed by atoms with Gasteiger partial charge in [0.25, 0.3) is 0 Å². The van der Waals surface area contributed by atoms with Crippen LogP contribution < -0.4 is 5.73 Å². The lowest BCUT2D eigenvalue weighted by molar-refractivity contribution is 0.927. The van der Waals surface area contributed by atoms with Crippen LogP contribution in [0.5, 0.6) is 0 Å². The van der Waals surface area contributed by atoms with Gasteiger partial charge in [-0.05, 0) is 15.9 Å². The van der Waals surface area contributed by atoms with Crippen molar-refractivity contribution in [2.24, 2.45) is 0 Å². The molecule has 2 N–H and O–H groups in total. The molecule has 0 aliphatic rings. The Hall–Kier alpha value is -0.810. The van der Waals surface area contributed by atoms with Crippen molar-refractivity contribution in [2.75, 3.05) is 5.73 Å². The fraction of sp³-hybridized carbons (Fsp3) is 0. The highest BCUT2D eigenvalue weighted by Crippen LogP contribution is 2.22. The van der Waals surface area contributed by atoms with Crippen LogP contribution in [0.15, 0.2) is 17.0 Å². The van der Waals surface area contributed by atoms with Crippen LogP contribution >= 0.6 is 27.5 Å². The van der Waals surface area contributed by atoms with E-state index in [0.29, 0.717) is 21.0 Å². The van der Waals surface area contributed by atoms with Crippen molar-refractivity contribution < 1.29 is 0 Å². The highest BCUT2D eigenvalue weighted by Gasteiger charge is 2.07. The first-order valence-corrected chi connectivity index (χ1v) is 4.30. The Morgan fingerprint density at radius 2 is 2.33 bits per heavy atom. The number of nitrogens with two attached hydrogens (primary N) is 1. The molecule has 2 aromatic rings. The smallest absolute Gasteiger partial charge is 0.179 e. The zero-order valence-electron chi connectivity index (χ0n) is 5.83. The zero-order chi connectivity index (χ0) is 8.72. The lowest BCUT2D eigenvalue weighted by Crippen LogP contribution is -1.90. The molecular weight excluding hydrogens is 243 g/mol. The third-order valence-corrected chi connectivity index (χ3v) is 2.21. The summed E-state index contributed by atoms with van der Waals surface area (Å²) in [6.45, 7) is 0. The summed E-state index contributed by atoms with van der Waals surface area (Å²) < 4.78 is 2.11. The minimum atomic E-state index is 0.520. The van der Waals surface area contributed by atoms with E-state index in [2.05, 4.69) is 26.0 Å². The maximum absolute atomic E-state index is 5.70. The van der Waals surface area contributed by atoms with Crippen LogP contribution in [-0.2, 0) is 0 Å². The van der Waals surface area contributed by atoms with Crippen LogP contribution in [0.1, 0.15) is 0 Å². The second-order valence-electron chi connectivity index (χ2n) is 2.24. The lowest BCUT2D eigenvalue weighted by atomic mass is 10.5. The quantitative estimate of drug-likeness (QED) is 0.771. The third kappa shape index (κ3) is 1.05. The van der Waals surface area contributed by atoms with Gasteiger partial charge in [0.15, 0.2) is 10.3 Å². The number of hydrogen-bond donors (Lipinski definition) is 1. The molecule has 62 valence electrons. The van der Waals surface area contributed by atoms with Gasteiger partial charge < -0.3 is 5.73 Å². The summed E-state index contributed by atoms with van der Waals surface area (Å²) in [5.74, 6) is 0. The number of anilines is 1. The highest BCUT2D eigenvalue weighted by atomic mass is 79.9. The summed E-state index contributed by atoms with van der Waals surface area (Å²) in [7, 11) is 0. The van der Waals surface area contributed by atoms with Crippen LogP contribution in [0.3, 0.4) is 0 Å². The normalized spacial score (nSPS) is 10.8. The van der Waals surface area contributed by atoms with E-state index in [0.717, 1.165) is 0 Å². The molecule has 0 unspecified atom stereocenters. The Bertz CT molecular complexity index is 438. The zero-order valence-corrected chi connectivity index (χ0v) is 8.17. The summed E-state index contributed by atoms with van der Waals surface area (Å²) in [5.41, 5.74) is 6.78. The Balaban J connectivity index is 2.87. The van der Waals surface area contributed by atoms with Crippen molar-refractivity contribution in [2.45, 2.75) is 0 Å². The summed E-state index contributed by atoms with van der Waals surface area (Å²) >= 11 is 8.89. The first kappa shape index (κ1) is 7.82. The molecule has 0 bridgehead atoms. The highest BCUT2D eigenvalue weighted by molar-refractivity contribution is 9.10. The first-order valence-electron chi connectivity index (χ1n) is 3.13. The van der Waals surface area contributed by atoms with Gasteiger partial charge in [0.1, 0.15) is 5.69 Å². The van der Waals surface area contributed by atoms with E-state index in [4.69, 9.17) is 17.3 Å². The number of nitrogens with zero attached hydrogens (tertiary/aromatic N) is 3. The van der Waals surface area contributed by atoms with Crippen LogP contribution in [-0.4, -0.2) is 14.6 Å². The van der Waals surface area contributed by atoms with Gasteiger partial charge in [-0.15, -0.1) is 0 Å². The van der Waals surface area contributed by atoms with E-state index in [1.165, 1.54) is 10.7 Å². The van der Waals surface area contributed by atoms with Crippen molar-refractivity contribution in [3.8, 4) is 0 Å². The fourth-order valence-corrected chi connectivity index (χ4v) is 1.39. The Kier molecular flexibility index (Phi) is 1.69. The van der Waals surface area contributed by atoms with Gasteiger partial charge in [-0.25, -0.2) is 9.50 Å². The first-order chi connectivity index (χ1) is 5.68. The topological polar surface area (TPSA) is 56.2 Å². The molecule has 4 nitrogen and oxygen atoms in total. The van der Waals surface area contributed by atoms with Crippen molar-refractivity contribution in [3.05, 3.63) is 22.0 Å². The van der Waals surface area contributed by atoms with Crippen molar-refractivity contribution in [1.82, 2.24) is 14.6 Å². The molecule has 0 spiro atoms. The molecule has 6 heteroatoms. The van der Waals surface area contributed by atoms with Crippen LogP contribution in [0.2, 0.25) is 5.02 Å². The number of aromatic nitrogens is 3. The van der Waals surface area contributed by atoms with Crippen LogP contribution in [0.25, 0.3) is 5.65 Å². The maximum atomic E-state index is 5.70. The van der Waals surface area contributed by atoms with Gasteiger partial charge in [0.2, 0.25) is 0 Å². The molecule has 2 aromatic heterocycles. The average molecular weight is 247 g/mol. The van der Waals surface area contributed by atoms with Gasteiger partial charge in [-0.3, -0.25) is 0 Å². The van der Waals surface area contributed by atoms with E-state index >= 15 is 0 Å². The molecule has 12 heavy (non-hydrogen) atoms. The molecule has 0 saturated carbocycles. The SMILES string of the molecule is Nc1c(Br)nn2cc(Cl)cnc12. The number of fused-ring (bicyclic) bond motifs is 1. The van der Waals surface area contributed by atoms with Gasteiger partial charge in [-0.1, -0.05) is 11.6 Å². The van der Waals surface area contributed by atoms with Gasteiger partial charge >= 0.3 is 0 Å². The summed E-state index contributed by atoms with van der Waals surface area (Å²) in [5, 5.41) is 4.56. The molecule has 2 rings (SSSR count). The number of nitrogen functional groups attached to an aromatic ring is 1. The second kappa shape index (κ2) is 2.60. The molecule has 0 aromatic carbocycles. The molecule has 0 radical (unpaired) electrons. The van der Waals surface area contributed by atoms with Gasteiger partial charge in [-0.2, -0.15) is 5.10 Å². The third-order valence-electron chi connectivity index (χ3n) is 1.43. The molecule has 2 heterocycles. The average Bonchev–Trinajstić information content (AvgIpc) is 2.28. The minimum absolute atomic E-state index is 0.520. The predicted molar refractivity (Wildman–Crippen MR) is 50.1 cm³/mol. The van der Waals surface area contributed by atoms with E-state index in [1.807, 2.05) is 0 Å². The Morgan fingerprint density at radius 3 is 3.08 bits per heavy atom. The number of rotatable bonds is 0. The van der Waals surface area contributed by atoms with Crippen LogP contribution in [0, 0.1) is 0 Å². The van der Waals surface area contributed by atoms with E-state index < -0.39 is 0 Å². The Morgan fingerprint density at radius 1 is 1.58 bits per heavy atom. The molecule has 0 amide bonds. The number of hydrogen-bond acceptors (Lipinski definition) is 3. The van der Waals surface area contributed by atoms with Crippen molar-refractivity contribution >= 4 is 38.9 Å². The lowest BCUT2D eigenvalue weighted by Gasteiger charge is -1.91. The predicted octanol–water partition coefficient (Wildman–Crippen LogP) is 1.73. The summed E-state index contributed by atoms with van der Waals surface area (Å²) in [4.78, 5) is 4.01. The molecular formula is C6H4BrClN4. The fourth-order valence-electron chi connectivity index (χ4n) is 0.903. The summed E-state index contributed by atoms with van der Waals surface area (Å²) in [6.07, 6.45) is 3.17. The van der Waals surface area contributed by atoms with Crippen molar-refractivity contribution in [1.29, 1.82) is 0 Å². The van der Waals surface area contributed by atoms with Crippen molar-refractivity contribution in [3.63, 3.8) is 0 Å². The van der Waals surface area contributed by atoms with E-state index in [9.17, 15) is 0 Å². The molecule has 0 aliphatic heterocycles. The number of halogens is 2.